The van der Waals surface area contributed by atoms with Crippen LogP contribution in [0, 0.1) is 0 Å². The van der Waals surface area contributed by atoms with Crippen molar-refractivity contribution in [1.29, 1.82) is 0 Å². The fourth-order valence-electron chi connectivity index (χ4n) is 3.20. The molecule has 0 bridgehead atoms. The average molecular weight is 526 g/mol. The minimum Gasteiger partial charge on any atom is -0.493 e. The van der Waals surface area contributed by atoms with Gasteiger partial charge in [-0.3, -0.25) is 9.59 Å². The lowest BCUT2D eigenvalue weighted by Crippen LogP contribution is -2.18. The van der Waals surface area contributed by atoms with Crippen molar-refractivity contribution in [3.8, 4) is 23.0 Å². The number of methoxy groups -OCH3 is 3. The molecule has 3 aromatic rings. The van der Waals surface area contributed by atoms with E-state index in [4.69, 9.17) is 30.5 Å². The molecule has 0 saturated carbocycles. The number of hydrogen-bond acceptors (Lipinski definition) is 8. The molecular weight excluding hydrogens is 502 g/mol. The molecule has 0 atom stereocenters. The monoisotopic (exact) mass is 525 g/mol. The minimum absolute atomic E-state index is 0.154. The van der Waals surface area contributed by atoms with Crippen LogP contribution in [-0.4, -0.2) is 45.3 Å². The van der Waals surface area contributed by atoms with Gasteiger partial charge < -0.3 is 24.3 Å². The summed E-state index contributed by atoms with van der Waals surface area (Å²) in [7, 11) is 4.33. The summed E-state index contributed by atoms with van der Waals surface area (Å²) in [6.45, 7) is 1.39. The van der Waals surface area contributed by atoms with Crippen LogP contribution in [0.2, 0.25) is 5.02 Å². The van der Waals surface area contributed by atoms with Crippen LogP contribution in [-0.2, 0) is 4.79 Å². The maximum absolute atomic E-state index is 12.9. The van der Waals surface area contributed by atoms with Crippen molar-refractivity contribution in [3.05, 3.63) is 76.3 Å². The molecule has 2 amide bonds. The van der Waals surface area contributed by atoms with Gasteiger partial charge in [-0.2, -0.15) is 5.10 Å². The zero-order valence-electron chi connectivity index (χ0n) is 20.5. The standard InChI is InChI=1S/C26H24ClN3O7/c1-15(31)29-20-8-5-16(6-9-20)25(32)30-28-14-18-11-19(27)7-10-21(18)37-26(33)17-12-22(34-2)24(36-4)23(13-17)35-3/h5-14H,1-4H3,(H,29,31)(H,30,32)/b28-14+. The second kappa shape index (κ2) is 12.4. The Balaban J connectivity index is 1.76. The van der Waals surface area contributed by atoms with Gasteiger partial charge in [0.25, 0.3) is 5.91 Å². The molecule has 0 saturated heterocycles. The molecule has 3 aromatic carbocycles. The number of amides is 2. The number of esters is 1. The third-order valence-corrected chi connectivity index (χ3v) is 5.15. The lowest BCUT2D eigenvalue weighted by atomic mass is 10.1. The van der Waals surface area contributed by atoms with Gasteiger partial charge in [0, 0.05) is 28.8 Å². The highest BCUT2D eigenvalue weighted by Gasteiger charge is 2.19. The van der Waals surface area contributed by atoms with Crippen LogP contribution in [0.25, 0.3) is 0 Å². The quantitative estimate of drug-likeness (QED) is 0.184. The fraction of sp³-hybridized carbons (Fsp3) is 0.154. The van der Waals surface area contributed by atoms with Crippen LogP contribution in [0.4, 0.5) is 5.69 Å². The Hall–Kier alpha value is -4.57. The first kappa shape index (κ1) is 27.0. The molecule has 3 rings (SSSR count). The summed E-state index contributed by atoms with van der Waals surface area (Å²) in [6.07, 6.45) is 1.30. The molecule has 11 heteroatoms. The number of rotatable bonds is 9. The molecule has 0 aromatic heterocycles. The van der Waals surface area contributed by atoms with Crippen molar-refractivity contribution in [2.75, 3.05) is 26.6 Å². The van der Waals surface area contributed by atoms with E-state index in [1.807, 2.05) is 0 Å². The number of anilines is 1. The second-order valence-electron chi connectivity index (χ2n) is 7.44. The van der Waals surface area contributed by atoms with Crippen molar-refractivity contribution >= 4 is 41.3 Å². The third-order valence-electron chi connectivity index (χ3n) is 4.91. The van der Waals surface area contributed by atoms with Crippen LogP contribution in [0.1, 0.15) is 33.2 Å². The molecule has 37 heavy (non-hydrogen) atoms. The molecule has 2 N–H and O–H groups in total. The van der Waals surface area contributed by atoms with E-state index in [0.29, 0.717) is 39.1 Å². The van der Waals surface area contributed by atoms with E-state index in [1.54, 1.807) is 30.3 Å². The predicted octanol–water partition coefficient (Wildman–Crippen LogP) is 4.31. The van der Waals surface area contributed by atoms with Crippen LogP contribution in [0.5, 0.6) is 23.0 Å². The SMILES string of the molecule is COc1cc(C(=O)Oc2ccc(Cl)cc2/C=N/NC(=O)c2ccc(NC(C)=O)cc2)cc(OC)c1OC. The van der Waals surface area contributed by atoms with Crippen molar-refractivity contribution in [1.82, 2.24) is 5.43 Å². The number of hydrazone groups is 1. The summed E-state index contributed by atoms with van der Waals surface area (Å²) in [5.74, 6) is -0.325. The molecular formula is C26H24ClN3O7. The van der Waals surface area contributed by atoms with Gasteiger partial charge in [-0.05, 0) is 54.6 Å². The fourth-order valence-corrected chi connectivity index (χ4v) is 3.38. The Morgan fingerprint density at radius 3 is 2.05 bits per heavy atom. The number of ether oxygens (including phenoxy) is 4. The van der Waals surface area contributed by atoms with Gasteiger partial charge in [-0.1, -0.05) is 11.6 Å². The summed E-state index contributed by atoms with van der Waals surface area (Å²) in [5.41, 5.74) is 3.78. The van der Waals surface area contributed by atoms with Gasteiger partial charge >= 0.3 is 5.97 Å². The first-order valence-corrected chi connectivity index (χ1v) is 11.2. The summed E-state index contributed by atoms with van der Waals surface area (Å²) in [4.78, 5) is 36.4. The number of nitrogens with zero attached hydrogens (tertiary/aromatic N) is 1. The average Bonchev–Trinajstić information content (AvgIpc) is 2.89. The maximum Gasteiger partial charge on any atom is 0.343 e. The van der Waals surface area contributed by atoms with Gasteiger partial charge in [0.05, 0.1) is 33.1 Å². The molecule has 10 nitrogen and oxygen atoms in total. The van der Waals surface area contributed by atoms with Crippen molar-refractivity contribution in [2.45, 2.75) is 6.92 Å². The van der Waals surface area contributed by atoms with E-state index in [-0.39, 0.29) is 17.2 Å². The van der Waals surface area contributed by atoms with Gasteiger partial charge in [0.1, 0.15) is 5.75 Å². The Bertz CT molecular complexity index is 1320. The largest absolute Gasteiger partial charge is 0.493 e. The highest BCUT2D eigenvalue weighted by molar-refractivity contribution is 6.31. The summed E-state index contributed by atoms with van der Waals surface area (Å²) in [5, 5.41) is 6.94. The first-order valence-electron chi connectivity index (χ1n) is 10.8. The Morgan fingerprint density at radius 2 is 1.49 bits per heavy atom. The molecule has 192 valence electrons. The van der Waals surface area contributed by atoms with Crippen LogP contribution in [0.15, 0.2) is 59.7 Å². The van der Waals surface area contributed by atoms with E-state index >= 15 is 0 Å². The van der Waals surface area contributed by atoms with E-state index in [0.717, 1.165) is 0 Å². The van der Waals surface area contributed by atoms with E-state index in [9.17, 15) is 14.4 Å². The number of nitrogens with one attached hydrogen (secondary N) is 2. The van der Waals surface area contributed by atoms with Gasteiger partial charge in [0.2, 0.25) is 11.7 Å². The number of hydrogen-bond donors (Lipinski definition) is 2. The second-order valence-corrected chi connectivity index (χ2v) is 7.88. The number of benzene rings is 3. The number of carbonyl (C=O) groups excluding carboxylic acids is 3. The normalized spacial score (nSPS) is 10.5. The van der Waals surface area contributed by atoms with E-state index in [2.05, 4.69) is 15.8 Å². The highest BCUT2D eigenvalue weighted by Crippen LogP contribution is 2.38. The summed E-state index contributed by atoms with van der Waals surface area (Å²) < 4.78 is 21.4. The summed E-state index contributed by atoms with van der Waals surface area (Å²) in [6, 6.07) is 13.8. The molecule has 0 fully saturated rings. The van der Waals surface area contributed by atoms with E-state index in [1.165, 1.54) is 58.7 Å². The Morgan fingerprint density at radius 1 is 0.838 bits per heavy atom. The van der Waals surface area contributed by atoms with Gasteiger partial charge in [0.15, 0.2) is 11.5 Å². The minimum atomic E-state index is -0.695. The third kappa shape index (κ3) is 6.98. The van der Waals surface area contributed by atoms with Crippen LogP contribution in [0.3, 0.4) is 0 Å². The van der Waals surface area contributed by atoms with Crippen molar-refractivity contribution in [2.24, 2.45) is 5.10 Å². The Labute approximate surface area is 218 Å². The maximum atomic E-state index is 12.9. The summed E-state index contributed by atoms with van der Waals surface area (Å²) >= 11 is 6.10. The Kier molecular flexibility index (Phi) is 9.06. The molecule has 0 aliphatic carbocycles. The number of halogens is 1. The zero-order valence-corrected chi connectivity index (χ0v) is 21.2. The molecule has 0 radical (unpaired) electrons. The lowest BCUT2D eigenvalue weighted by Gasteiger charge is -2.14. The van der Waals surface area contributed by atoms with Crippen molar-refractivity contribution < 1.29 is 33.3 Å². The smallest absolute Gasteiger partial charge is 0.343 e. The van der Waals surface area contributed by atoms with Crippen LogP contribution >= 0.6 is 11.6 Å². The highest BCUT2D eigenvalue weighted by atomic mass is 35.5. The zero-order chi connectivity index (χ0) is 26.9. The van der Waals surface area contributed by atoms with Gasteiger partial charge in [-0.15, -0.1) is 0 Å². The first-order chi connectivity index (χ1) is 17.7. The molecule has 0 heterocycles. The van der Waals surface area contributed by atoms with Crippen molar-refractivity contribution in [3.63, 3.8) is 0 Å². The topological polar surface area (TPSA) is 125 Å². The molecule has 0 unspecified atom stereocenters. The predicted molar refractivity (Wildman–Crippen MR) is 138 cm³/mol. The number of carbonyl (C=O) groups is 3. The van der Waals surface area contributed by atoms with Crippen LogP contribution < -0.4 is 29.7 Å². The molecule has 0 spiro atoms. The van der Waals surface area contributed by atoms with E-state index < -0.39 is 11.9 Å². The lowest BCUT2D eigenvalue weighted by molar-refractivity contribution is -0.114. The van der Waals surface area contributed by atoms with Gasteiger partial charge in [-0.25, -0.2) is 10.2 Å². The molecule has 0 aliphatic heterocycles. The molecule has 0 aliphatic rings.